The van der Waals surface area contributed by atoms with Gasteiger partial charge in [0.2, 0.25) is 11.7 Å². The van der Waals surface area contributed by atoms with Crippen molar-refractivity contribution in [2.24, 2.45) is 0 Å². The van der Waals surface area contributed by atoms with Crippen LogP contribution in [0, 0.1) is 15.9 Å². The highest BCUT2D eigenvalue weighted by molar-refractivity contribution is 5.94. The standard InChI is InChI=1S/C11H12FN3O4/c1-7(16)13-4-5-14-11(17)8-2-3-9(12)10(6-8)15(18)19/h2-3,6H,4-5H2,1H3,(H,13,16)(H,14,17). The Labute approximate surface area is 107 Å². The summed E-state index contributed by atoms with van der Waals surface area (Å²) in [7, 11) is 0. The zero-order chi connectivity index (χ0) is 14.4. The Morgan fingerprint density at radius 3 is 2.53 bits per heavy atom. The van der Waals surface area contributed by atoms with Gasteiger partial charge in [-0.2, -0.15) is 4.39 Å². The maximum Gasteiger partial charge on any atom is 0.305 e. The van der Waals surface area contributed by atoms with Crippen LogP contribution < -0.4 is 10.6 Å². The highest BCUT2D eigenvalue weighted by Crippen LogP contribution is 2.18. The number of carbonyl (C=O) groups excluding carboxylic acids is 2. The second-order valence-corrected chi connectivity index (χ2v) is 3.66. The molecule has 1 aromatic carbocycles. The Kier molecular flexibility index (Phi) is 4.92. The number of halogens is 1. The van der Waals surface area contributed by atoms with Crippen LogP contribution in [0.4, 0.5) is 10.1 Å². The summed E-state index contributed by atoms with van der Waals surface area (Å²) in [6.45, 7) is 1.75. The SMILES string of the molecule is CC(=O)NCCNC(=O)c1ccc(F)c([N+](=O)[O-])c1. The molecule has 8 heteroatoms. The number of hydrogen-bond acceptors (Lipinski definition) is 4. The van der Waals surface area contributed by atoms with Crippen LogP contribution >= 0.6 is 0 Å². The lowest BCUT2D eigenvalue weighted by molar-refractivity contribution is -0.387. The fourth-order valence-corrected chi connectivity index (χ4v) is 1.31. The number of carbonyl (C=O) groups is 2. The first kappa shape index (κ1) is 14.6. The highest BCUT2D eigenvalue weighted by Gasteiger charge is 2.17. The van der Waals surface area contributed by atoms with Gasteiger partial charge in [0, 0.05) is 31.6 Å². The number of benzene rings is 1. The first-order chi connectivity index (χ1) is 8.91. The lowest BCUT2D eigenvalue weighted by Crippen LogP contribution is -2.33. The molecule has 19 heavy (non-hydrogen) atoms. The van der Waals surface area contributed by atoms with E-state index in [1.165, 1.54) is 6.92 Å². The van der Waals surface area contributed by atoms with Crippen LogP contribution in [0.1, 0.15) is 17.3 Å². The minimum absolute atomic E-state index is 0.0177. The maximum atomic E-state index is 13.1. The molecule has 0 unspecified atom stereocenters. The van der Waals surface area contributed by atoms with Gasteiger partial charge in [-0.25, -0.2) is 0 Å². The smallest absolute Gasteiger partial charge is 0.305 e. The Bertz CT molecular complexity index is 519. The van der Waals surface area contributed by atoms with E-state index in [-0.39, 0.29) is 24.6 Å². The van der Waals surface area contributed by atoms with Crippen LogP contribution in [0.15, 0.2) is 18.2 Å². The van der Waals surface area contributed by atoms with E-state index in [4.69, 9.17) is 0 Å². The third-order valence-corrected chi connectivity index (χ3v) is 2.19. The van der Waals surface area contributed by atoms with Gasteiger partial charge in [-0.15, -0.1) is 0 Å². The van der Waals surface area contributed by atoms with Crippen LogP contribution in [0.5, 0.6) is 0 Å². The second kappa shape index (κ2) is 6.43. The summed E-state index contributed by atoms with van der Waals surface area (Å²) in [6, 6.07) is 2.88. The lowest BCUT2D eigenvalue weighted by atomic mass is 10.2. The quantitative estimate of drug-likeness (QED) is 0.464. The molecule has 0 aliphatic carbocycles. The molecule has 0 atom stereocenters. The topological polar surface area (TPSA) is 101 Å². The fraction of sp³-hybridized carbons (Fsp3) is 0.273. The van der Waals surface area contributed by atoms with Gasteiger partial charge < -0.3 is 10.6 Å². The van der Waals surface area contributed by atoms with Crippen LogP contribution in [-0.4, -0.2) is 29.8 Å². The average molecular weight is 269 g/mol. The summed E-state index contributed by atoms with van der Waals surface area (Å²) >= 11 is 0. The van der Waals surface area contributed by atoms with Gasteiger partial charge in [-0.1, -0.05) is 0 Å². The number of amides is 2. The van der Waals surface area contributed by atoms with Gasteiger partial charge in [0.25, 0.3) is 5.91 Å². The second-order valence-electron chi connectivity index (χ2n) is 3.66. The first-order valence-electron chi connectivity index (χ1n) is 5.38. The number of hydrogen-bond donors (Lipinski definition) is 2. The monoisotopic (exact) mass is 269 g/mol. The van der Waals surface area contributed by atoms with Crippen molar-refractivity contribution in [1.82, 2.24) is 10.6 Å². The Morgan fingerprint density at radius 2 is 1.95 bits per heavy atom. The van der Waals surface area contributed by atoms with Gasteiger partial charge in [-0.3, -0.25) is 19.7 Å². The highest BCUT2D eigenvalue weighted by atomic mass is 19.1. The molecule has 0 spiro atoms. The van der Waals surface area contributed by atoms with Crippen molar-refractivity contribution in [3.05, 3.63) is 39.7 Å². The Balaban J connectivity index is 2.65. The molecular weight excluding hydrogens is 257 g/mol. The fourth-order valence-electron chi connectivity index (χ4n) is 1.31. The predicted molar refractivity (Wildman–Crippen MR) is 64.1 cm³/mol. The Hall–Kier alpha value is -2.51. The molecule has 2 N–H and O–H groups in total. The van der Waals surface area contributed by atoms with Crippen LogP contribution in [-0.2, 0) is 4.79 Å². The normalized spacial score (nSPS) is 9.79. The van der Waals surface area contributed by atoms with E-state index in [0.29, 0.717) is 0 Å². The van der Waals surface area contributed by atoms with Gasteiger partial charge >= 0.3 is 5.69 Å². The number of nitro benzene ring substituents is 1. The van der Waals surface area contributed by atoms with Crippen molar-refractivity contribution in [1.29, 1.82) is 0 Å². The number of rotatable bonds is 5. The van der Waals surface area contributed by atoms with E-state index in [1.54, 1.807) is 0 Å². The van der Waals surface area contributed by atoms with Gasteiger partial charge in [0.15, 0.2) is 0 Å². The van der Waals surface area contributed by atoms with E-state index in [9.17, 15) is 24.1 Å². The number of nitro groups is 1. The minimum Gasteiger partial charge on any atom is -0.355 e. The average Bonchev–Trinajstić information content (AvgIpc) is 2.34. The van der Waals surface area contributed by atoms with Crippen molar-refractivity contribution in [3.8, 4) is 0 Å². The van der Waals surface area contributed by atoms with E-state index >= 15 is 0 Å². The Morgan fingerprint density at radius 1 is 1.32 bits per heavy atom. The first-order valence-corrected chi connectivity index (χ1v) is 5.38. The third kappa shape index (κ3) is 4.34. The zero-order valence-corrected chi connectivity index (χ0v) is 10.1. The summed E-state index contributed by atoms with van der Waals surface area (Å²) in [6.07, 6.45) is 0. The molecule has 0 bridgehead atoms. The molecule has 102 valence electrons. The number of nitrogens with zero attached hydrogens (tertiary/aromatic N) is 1. The van der Waals surface area contributed by atoms with Crippen molar-refractivity contribution < 1.29 is 18.9 Å². The largest absolute Gasteiger partial charge is 0.355 e. The summed E-state index contributed by atoms with van der Waals surface area (Å²) in [5.74, 6) is -1.81. The van der Waals surface area contributed by atoms with E-state index < -0.39 is 22.3 Å². The summed E-state index contributed by atoms with van der Waals surface area (Å²) in [5, 5.41) is 15.4. The predicted octanol–water partition coefficient (Wildman–Crippen LogP) is 0.600. The van der Waals surface area contributed by atoms with Gasteiger partial charge in [-0.05, 0) is 12.1 Å². The molecule has 1 rings (SSSR count). The van der Waals surface area contributed by atoms with E-state index in [2.05, 4.69) is 10.6 Å². The van der Waals surface area contributed by atoms with Crippen LogP contribution in [0.25, 0.3) is 0 Å². The molecule has 0 radical (unpaired) electrons. The molecule has 0 saturated carbocycles. The van der Waals surface area contributed by atoms with Crippen molar-refractivity contribution in [2.45, 2.75) is 6.92 Å². The number of nitrogens with one attached hydrogen (secondary N) is 2. The van der Waals surface area contributed by atoms with Gasteiger partial charge in [0.05, 0.1) is 4.92 Å². The molecule has 2 amide bonds. The molecule has 1 aromatic rings. The van der Waals surface area contributed by atoms with Crippen LogP contribution in [0.2, 0.25) is 0 Å². The summed E-state index contributed by atoms with van der Waals surface area (Å²) in [5.41, 5.74) is -0.773. The lowest BCUT2D eigenvalue weighted by Gasteiger charge is -2.05. The molecule has 0 aliphatic heterocycles. The van der Waals surface area contributed by atoms with Crippen molar-refractivity contribution in [3.63, 3.8) is 0 Å². The molecule has 0 heterocycles. The molecule has 7 nitrogen and oxygen atoms in total. The van der Waals surface area contributed by atoms with Crippen LogP contribution in [0.3, 0.4) is 0 Å². The zero-order valence-electron chi connectivity index (χ0n) is 10.1. The van der Waals surface area contributed by atoms with Gasteiger partial charge in [0.1, 0.15) is 0 Å². The van der Waals surface area contributed by atoms with E-state index in [1.807, 2.05) is 0 Å². The summed E-state index contributed by atoms with van der Waals surface area (Å²) in [4.78, 5) is 31.8. The molecule has 0 aromatic heterocycles. The molecular formula is C11H12FN3O4. The maximum absolute atomic E-state index is 13.1. The third-order valence-electron chi connectivity index (χ3n) is 2.19. The van der Waals surface area contributed by atoms with E-state index in [0.717, 1.165) is 18.2 Å². The molecule has 0 saturated heterocycles. The van der Waals surface area contributed by atoms with Crippen molar-refractivity contribution in [2.75, 3.05) is 13.1 Å². The molecule has 0 fully saturated rings. The summed E-state index contributed by atoms with van der Waals surface area (Å²) < 4.78 is 13.1. The van der Waals surface area contributed by atoms with Crippen molar-refractivity contribution >= 4 is 17.5 Å². The minimum atomic E-state index is -1.00. The molecule has 0 aliphatic rings.